The number of rotatable bonds is 4. The van der Waals surface area contributed by atoms with Gasteiger partial charge in [0, 0.05) is 10.6 Å². The van der Waals surface area contributed by atoms with E-state index in [1.165, 1.54) is 16.0 Å². The summed E-state index contributed by atoms with van der Waals surface area (Å²) in [7, 11) is 0. The minimum absolute atomic E-state index is 0.00614. The predicted molar refractivity (Wildman–Crippen MR) is 114 cm³/mol. The highest BCUT2D eigenvalue weighted by Gasteiger charge is 2.23. The molecule has 0 saturated carbocycles. The van der Waals surface area contributed by atoms with Gasteiger partial charge in [0.25, 0.3) is 5.56 Å². The summed E-state index contributed by atoms with van der Waals surface area (Å²) in [5, 5.41) is 4.31. The number of hydrogen-bond acceptors (Lipinski definition) is 4. The highest BCUT2D eigenvalue weighted by molar-refractivity contribution is 7.18. The Balaban J connectivity index is 1.66. The number of aryl methyl sites for hydroxylation is 1. The zero-order valence-electron chi connectivity index (χ0n) is 16.4. The number of nitrogens with zero attached hydrogens (tertiary/aromatic N) is 1. The van der Waals surface area contributed by atoms with Gasteiger partial charge < -0.3 is 10.3 Å². The first-order valence-electron chi connectivity index (χ1n) is 9.83. The molecule has 0 aliphatic heterocycles. The van der Waals surface area contributed by atoms with Gasteiger partial charge in [-0.3, -0.25) is 4.79 Å². The minimum Gasteiger partial charge on any atom is -0.375 e. The summed E-state index contributed by atoms with van der Waals surface area (Å²) in [4.78, 5) is 22.9. The van der Waals surface area contributed by atoms with Crippen molar-refractivity contribution in [3.63, 3.8) is 0 Å². The molecule has 2 heterocycles. The largest absolute Gasteiger partial charge is 0.375 e. The summed E-state index contributed by atoms with van der Waals surface area (Å²) in [6.07, 6.45) is 3.22. The van der Waals surface area contributed by atoms with Crippen LogP contribution < -0.4 is 10.9 Å². The number of nitrogens with one attached hydrogen (secondary N) is 2. The van der Waals surface area contributed by atoms with E-state index >= 15 is 0 Å². The Labute approximate surface area is 164 Å². The second-order valence-corrected chi connectivity index (χ2v) is 9.21. The van der Waals surface area contributed by atoms with Gasteiger partial charge in [0.15, 0.2) is 0 Å². The third kappa shape index (κ3) is 3.53. The topological polar surface area (TPSA) is 57.8 Å². The van der Waals surface area contributed by atoms with E-state index in [-0.39, 0.29) is 11.6 Å². The molecule has 0 unspecified atom stereocenters. The van der Waals surface area contributed by atoms with Crippen LogP contribution in [0, 0.1) is 5.92 Å². The van der Waals surface area contributed by atoms with Crippen LogP contribution in [0.25, 0.3) is 10.2 Å². The van der Waals surface area contributed by atoms with Gasteiger partial charge in [-0.25, -0.2) is 4.98 Å². The second kappa shape index (κ2) is 7.12. The van der Waals surface area contributed by atoms with E-state index in [9.17, 15) is 4.79 Å². The van der Waals surface area contributed by atoms with Crippen molar-refractivity contribution in [3.05, 3.63) is 56.4 Å². The molecule has 27 heavy (non-hydrogen) atoms. The van der Waals surface area contributed by atoms with Crippen LogP contribution in [0.2, 0.25) is 0 Å². The first kappa shape index (κ1) is 18.2. The first-order chi connectivity index (χ1) is 12.9. The molecule has 5 heteroatoms. The molecule has 2 aromatic heterocycles. The molecule has 0 saturated heterocycles. The van der Waals surface area contributed by atoms with Crippen LogP contribution in [0.4, 0.5) is 5.69 Å². The van der Waals surface area contributed by atoms with Crippen LogP contribution in [0.5, 0.6) is 0 Å². The normalized spacial score (nSPS) is 17.9. The van der Waals surface area contributed by atoms with Gasteiger partial charge in [-0.15, -0.1) is 11.3 Å². The van der Waals surface area contributed by atoms with Crippen molar-refractivity contribution in [2.24, 2.45) is 5.92 Å². The quantitative estimate of drug-likeness (QED) is 0.635. The molecule has 0 radical (unpaired) electrons. The van der Waals surface area contributed by atoms with Crippen molar-refractivity contribution in [2.75, 3.05) is 5.32 Å². The highest BCUT2D eigenvalue weighted by Crippen LogP contribution is 2.36. The summed E-state index contributed by atoms with van der Waals surface area (Å²) in [5.41, 5.74) is 3.59. The smallest absolute Gasteiger partial charge is 0.259 e. The average molecular weight is 382 g/mol. The van der Waals surface area contributed by atoms with Gasteiger partial charge in [-0.2, -0.15) is 0 Å². The lowest BCUT2D eigenvalue weighted by atomic mass is 9.89. The van der Waals surface area contributed by atoms with Gasteiger partial charge in [0.1, 0.15) is 10.7 Å². The summed E-state index contributed by atoms with van der Waals surface area (Å²) >= 11 is 1.70. The van der Waals surface area contributed by atoms with Crippen molar-refractivity contribution >= 4 is 27.2 Å². The van der Waals surface area contributed by atoms with Crippen LogP contribution >= 0.6 is 11.3 Å². The minimum atomic E-state index is -0.0671. The Morgan fingerprint density at radius 2 is 2.11 bits per heavy atom. The first-order valence-corrected chi connectivity index (χ1v) is 10.6. The van der Waals surface area contributed by atoms with Crippen LogP contribution in [-0.4, -0.2) is 9.97 Å². The Kier molecular flexibility index (Phi) is 4.81. The molecule has 0 spiro atoms. The fourth-order valence-electron chi connectivity index (χ4n) is 3.88. The maximum atomic E-state index is 12.8. The Bertz CT molecular complexity index is 1030. The number of aromatic nitrogens is 2. The van der Waals surface area contributed by atoms with E-state index < -0.39 is 0 Å². The summed E-state index contributed by atoms with van der Waals surface area (Å²) < 4.78 is 0. The lowest BCUT2D eigenvalue weighted by molar-refractivity contribution is 0.509. The maximum absolute atomic E-state index is 12.8. The van der Waals surface area contributed by atoms with E-state index in [1.807, 2.05) is 6.92 Å². The molecule has 1 aliphatic rings. The fraction of sp³-hybridized carbons (Fsp3) is 0.455. The molecule has 0 fully saturated rings. The van der Waals surface area contributed by atoms with Gasteiger partial charge in [-0.1, -0.05) is 32.9 Å². The fourth-order valence-corrected chi connectivity index (χ4v) is 5.27. The number of thiophene rings is 1. The lowest BCUT2D eigenvalue weighted by Crippen LogP contribution is -2.18. The third-order valence-electron chi connectivity index (χ3n) is 5.53. The zero-order valence-corrected chi connectivity index (χ0v) is 17.2. The average Bonchev–Trinajstić information content (AvgIpc) is 2.99. The maximum Gasteiger partial charge on any atom is 0.259 e. The van der Waals surface area contributed by atoms with Crippen molar-refractivity contribution in [1.82, 2.24) is 9.97 Å². The predicted octanol–water partition coefficient (Wildman–Crippen LogP) is 5.41. The van der Waals surface area contributed by atoms with Crippen LogP contribution in [0.15, 0.2) is 29.1 Å². The molecule has 0 bridgehead atoms. The molecule has 4 rings (SSSR count). The van der Waals surface area contributed by atoms with E-state index in [0.717, 1.165) is 35.2 Å². The van der Waals surface area contributed by atoms with Gasteiger partial charge >= 0.3 is 0 Å². The molecule has 2 N–H and O–H groups in total. The SMILES string of the molecule is CC(C)c1cccc(N[C@@H](C)c2nc3sc4c(c3c(=O)[nH]2)CC[C@H](C)C4)c1. The van der Waals surface area contributed by atoms with Gasteiger partial charge in [-0.05, 0) is 61.3 Å². The molecule has 3 aromatic rings. The number of aromatic amines is 1. The molecule has 4 nitrogen and oxygen atoms in total. The lowest BCUT2D eigenvalue weighted by Gasteiger charge is -2.17. The van der Waals surface area contributed by atoms with Crippen molar-refractivity contribution in [1.29, 1.82) is 0 Å². The van der Waals surface area contributed by atoms with Crippen molar-refractivity contribution in [3.8, 4) is 0 Å². The number of anilines is 1. The van der Waals surface area contributed by atoms with Crippen LogP contribution in [-0.2, 0) is 12.8 Å². The summed E-state index contributed by atoms with van der Waals surface area (Å²) in [6.45, 7) is 8.71. The monoisotopic (exact) mass is 381 g/mol. The van der Waals surface area contributed by atoms with Crippen molar-refractivity contribution < 1.29 is 0 Å². The second-order valence-electron chi connectivity index (χ2n) is 8.13. The van der Waals surface area contributed by atoms with Gasteiger partial charge in [0.2, 0.25) is 0 Å². The molecule has 0 amide bonds. The van der Waals surface area contributed by atoms with E-state index in [0.29, 0.717) is 17.7 Å². The Morgan fingerprint density at radius 1 is 1.30 bits per heavy atom. The highest BCUT2D eigenvalue weighted by atomic mass is 32.1. The standard InChI is InChI=1S/C22H27N3OS/c1-12(2)15-6-5-7-16(11-15)23-14(4)20-24-21(26)19-17-9-8-13(3)10-18(17)27-22(19)25-20/h5-7,11-14,23H,8-10H2,1-4H3,(H,24,25,26)/t13-,14-/m0/s1. The van der Waals surface area contributed by atoms with Gasteiger partial charge in [0.05, 0.1) is 11.4 Å². The number of H-pyrrole nitrogens is 1. The van der Waals surface area contributed by atoms with E-state index in [4.69, 9.17) is 4.98 Å². The molecular formula is C22H27N3OS. The number of benzene rings is 1. The molecule has 2 atom stereocenters. The Hall–Kier alpha value is -2.14. The van der Waals surface area contributed by atoms with Crippen LogP contribution in [0.1, 0.15) is 67.9 Å². The van der Waals surface area contributed by atoms with E-state index in [2.05, 4.69) is 55.3 Å². The molecular weight excluding hydrogens is 354 g/mol. The van der Waals surface area contributed by atoms with Crippen LogP contribution in [0.3, 0.4) is 0 Å². The summed E-state index contributed by atoms with van der Waals surface area (Å²) in [5.74, 6) is 1.88. The molecule has 1 aliphatic carbocycles. The van der Waals surface area contributed by atoms with Crippen molar-refractivity contribution in [2.45, 2.75) is 58.9 Å². The third-order valence-corrected chi connectivity index (χ3v) is 6.68. The number of fused-ring (bicyclic) bond motifs is 3. The zero-order chi connectivity index (χ0) is 19.1. The molecule has 1 aromatic carbocycles. The van der Waals surface area contributed by atoms with E-state index in [1.54, 1.807) is 11.3 Å². The number of hydrogen-bond donors (Lipinski definition) is 2. The summed E-state index contributed by atoms with van der Waals surface area (Å²) in [6, 6.07) is 8.37. The Morgan fingerprint density at radius 3 is 2.89 bits per heavy atom. The molecule has 142 valence electrons.